The van der Waals surface area contributed by atoms with E-state index in [2.05, 4.69) is 48.8 Å². The van der Waals surface area contributed by atoms with Crippen LogP contribution in [0.2, 0.25) is 19.6 Å². The first-order chi connectivity index (χ1) is 9.68. The van der Waals surface area contributed by atoms with E-state index in [1.807, 2.05) is 0 Å². The predicted octanol–water partition coefficient (Wildman–Crippen LogP) is 2.15. The Balaban J connectivity index is 2.13. The maximum Gasteiger partial charge on any atom is 0.164 e. The summed E-state index contributed by atoms with van der Waals surface area (Å²) in [7, 11) is -4.28. The zero-order valence-electron chi connectivity index (χ0n) is 13.3. The lowest BCUT2D eigenvalue weighted by Gasteiger charge is -2.34. The van der Waals surface area contributed by atoms with Crippen molar-refractivity contribution in [2.75, 3.05) is 24.3 Å². The molecule has 118 valence electrons. The maximum atomic E-state index is 11.9. The predicted molar refractivity (Wildman–Crippen MR) is 95.8 cm³/mol. The topological polar surface area (TPSA) is 37.4 Å². The highest BCUT2D eigenvalue weighted by molar-refractivity contribution is 8.00. The van der Waals surface area contributed by atoms with Crippen molar-refractivity contribution in [3.63, 3.8) is 0 Å². The van der Waals surface area contributed by atoms with Gasteiger partial charge >= 0.3 is 0 Å². The summed E-state index contributed by atoms with van der Waals surface area (Å²) in [4.78, 5) is 2.11. The molecule has 1 heterocycles. The molecule has 1 aliphatic rings. The molecule has 1 fully saturated rings. The fraction of sp³-hybridized carbons (Fsp3) is 0.600. The van der Waals surface area contributed by atoms with Gasteiger partial charge in [-0.05, 0) is 5.56 Å². The van der Waals surface area contributed by atoms with E-state index >= 15 is 0 Å². The third-order valence-corrected chi connectivity index (χ3v) is 8.64. The van der Waals surface area contributed by atoms with Crippen LogP contribution >= 0.6 is 11.8 Å². The molecule has 1 atom stereocenters. The summed E-state index contributed by atoms with van der Waals surface area (Å²) in [5.74, 6) is 1.70. The molecule has 0 spiro atoms. The van der Waals surface area contributed by atoms with Crippen molar-refractivity contribution in [1.29, 1.82) is 0 Å². The fourth-order valence-electron chi connectivity index (χ4n) is 2.54. The first-order valence-electron chi connectivity index (χ1n) is 7.28. The van der Waals surface area contributed by atoms with Crippen molar-refractivity contribution in [1.82, 2.24) is 4.90 Å². The Hall–Kier alpha value is -0.303. The van der Waals surface area contributed by atoms with Crippen molar-refractivity contribution in [2.24, 2.45) is 0 Å². The molecule has 0 bridgehead atoms. The first-order valence-corrected chi connectivity index (χ1v) is 13.9. The quantitative estimate of drug-likeness (QED) is 0.785. The van der Waals surface area contributed by atoms with Crippen molar-refractivity contribution >= 4 is 34.9 Å². The Kier molecular flexibility index (Phi) is 5.23. The normalized spacial score (nSPS) is 21.4. The second-order valence-electron chi connectivity index (χ2n) is 6.78. The van der Waals surface area contributed by atoms with Crippen LogP contribution in [-0.4, -0.2) is 51.1 Å². The van der Waals surface area contributed by atoms with Gasteiger partial charge in [-0.1, -0.05) is 49.1 Å². The molecule has 1 aromatic carbocycles. The highest BCUT2D eigenvalue weighted by atomic mass is 32.2. The fourth-order valence-corrected chi connectivity index (χ4v) is 6.64. The molecule has 2 rings (SSSR count). The number of benzene rings is 1. The van der Waals surface area contributed by atoms with Gasteiger partial charge < -0.3 is 0 Å². The molecule has 0 amide bonds. The Bertz CT molecular complexity index is 579. The third kappa shape index (κ3) is 4.58. The van der Waals surface area contributed by atoms with Crippen LogP contribution in [-0.2, 0) is 16.4 Å². The highest BCUT2D eigenvalue weighted by Crippen LogP contribution is 2.22. The molecule has 0 N–H and O–H groups in total. The summed E-state index contributed by atoms with van der Waals surface area (Å²) in [6.45, 7) is 8.58. The molecule has 0 radical (unpaired) electrons. The molecule has 6 heteroatoms. The minimum atomic E-state index is -3.01. The summed E-state index contributed by atoms with van der Waals surface area (Å²) >= 11 is 1.73. The van der Waals surface area contributed by atoms with Crippen LogP contribution in [0.4, 0.5) is 0 Å². The van der Waals surface area contributed by atoms with Gasteiger partial charge in [-0.25, -0.2) is 8.42 Å². The van der Waals surface area contributed by atoms with E-state index in [1.165, 1.54) is 17.0 Å². The van der Waals surface area contributed by atoms with Crippen molar-refractivity contribution in [3.05, 3.63) is 29.8 Å². The molecular weight excluding hydrogens is 318 g/mol. The second-order valence-corrected chi connectivity index (χ2v) is 15.2. The number of hydrogen-bond acceptors (Lipinski definition) is 4. The number of rotatable bonds is 4. The summed E-state index contributed by atoms with van der Waals surface area (Å²) in [5, 5.41) is 1.10. The van der Waals surface area contributed by atoms with E-state index in [0.717, 1.165) is 18.8 Å². The second kappa shape index (κ2) is 6.44. The van der Waals surface area contributed by atoms with E-state index < -0.39 is 17.9 Å². The molecule has 0 aliphatic carbocycles. The lowest BCUT2D eigenvalue weighted by atomic mass is 10.2. The molecule has 0 aromatic heterocycles. The van der Waals surface area contributed by atoms with Gasteiger partial charge in [-0.15, -0.1) is 0 Å². The molecule has 1 saturated heterocycles. The van der Waals surface area contributed by atoms with E-state index in [-0.39, 0.29) is 5.37 Å². The van der Waals surface area contributed by atoms with E-state index in [4.69, 9.17) is 0 Å². The van der Waals surface area contributed by atoms with Crippen LogP contribution < -0.4 is 5.19 Å². The first kappa shape index (κ1) is 17.1. The van der Waals surface area contributed by atoms with Gasteiger partial charge in [0.25, 0.3) is 0 Å². The van der Waals surface area contributed by atoms with Gasteiger partial charge in [0, 0.05) is 30.9 Å². The highest BCUT2D eigenvalue weighted by Gasteiger charge is 2.30. The van der Waals surface area contributed by atoms with Crippen LogP contribution in [0.5, 0.6) is 0 Å². The van der Waals surface area contributed by atoms with Gasteiger partial charge in [-0.2, -0.15) is 11.8 Å². The van der Waals surface area contributed by atoms with Crippen LogP contribution in [0, 0.1) is 0 Å². The zero-order chi connectivity index (χ0) is 15.7. The van der Waals surface area contributed by atoms with Crippen LogP contribution in [0.1, 0.15) is 5.56 Å². The molecule has 1 aromatic rings. The summed E-state index contributed by atoms with van der Waals surface area (Å²) in [6, 6.07) is 8.76. The SMILES string of the molecule is C[Si](C)(C)c1ccc(CN2CCSCC2S(C)(=O)=O)cc1. The molecule has 3 nitrogen and oxygen atoms in total. The van der Waals surface area contributed by atoms with E-state index in [0.29, 0.717) is 5.75 Å². The molecular formula is C15H25NO2S2Si. The average molecular weight is 344 g/mol. The number of thioether (sulfide) groups is 1. The lowest BCUT2D eigenvalue weighted by molar-refractivity contribution is 0.262. The minimum absolute atomic E-state index is 0.340. The van der Waals surface area contributed by atoms with E-state index in [9.17, 15) is 8.42 Å². The van der Waals surface area contributed by atoms with Crippen molar-refractivity contribution in [3.8, 4) is 0 Å². The Morgan fingerprint density at radius 1 is 1.24 bits per heavy atom. The van der Waals surface area contributed by atoms with Crippen molar-refractivity contribution < 1.29 is 8.42 Å². The van der Waals surface area contributed by atoms with Crippen LogP contribution in [0.15, 0.2) is 24.3 Å². The van der Waals surface area contributed by atoms with Gasteiger partial charge in [0.1, 0.15) is 5.37 Å². The number of nitrogens with zero attached hydrogens (tertiary/aromatic N) is 1. The monoisotopic (exact) mass is 343 g/mol. The third-order valence-electron chi connectivity index (χ3n) is 3.89. The zero-order valence-corrected chi connectivity index (χ0v) is 15.9. The van der Waals surface area contributed by atoms with Crippen LogP contribution in [0.3, 0.4) is 0 Å². The lowest BCUT2D eigenvalue weighted by Crippen LogP contribution is -2.46. The molecule has 1 unspecified atom stereocenters. The summed E-state index contributed by atoms with van der Waals surface area (Å²) in [5.41, 5.74) is 1.21. The summed E-state index contributed by atoms with van der Waals surface area (Å²) < 4.78 is 23.8. The van der Waals surface area contributed by atoms with Crippen molar-refractivity contribution in [2.45, 2.75) is 31.6 Å². The van der Waals surface area contributed by atoms with Gasteiger partial charge in [0.05, 0.1) is 8.07 Å². The van der Waals surface area contributed by atoms with Gasteiger partial charge in [-0.3, -0.25) is 4.90 Å². The maximum absolute atomic E-state index is 11.9. The average Bonchev–Trinajstić information content (AvgIpc) is 2.37. The standard InChI is InChI=1S/C15H25NO2S2Si/c1-20(17,18)15-12-19-10-9-16(15)11-13-5-7-14(8-6-13)21(2,3)4/h5-8,15H,9-12H2,1-4H3. The molecule has 1 aliphatic heterocycles. The number of hydrogen-bond donors (Lipinski definition) is 0. The van der Waals surface area contributed by atoms with E-state index in [1.54, 1.807) is 11.8 Å². The Morgan fingerprint density at radius 2 is 1.86 bits per heavy atom. The molecule has 21 heavy (non-hydrogen) atoms. The smallest absolute Gasteiger partial charge is 0.164 e. The summed E-state index contributed by atoms with van der Waals surface area (Å²) in [6.07, 6.45) is 1.35. The minimum Gasteiger partial charge on any atom is -0.281 e. The number of sulfone groups is 1. The molecule has 0 saturated carbocycles. The largest absolute Gasteiger partial charge is 0.281 e. The van der Waals surface area contributed by atoms with Crippen LogP contribution in [0.25, 0.3) is 0 Å². The van der Waals surface area contributed by atoms with Gasteiger partial charge in [0.2, 0.25) is 0 Å². The van der Waals surface area contributed by atoms with Gasteiger partial charge in [0.15, 0.2) is 9.84 Å². The Morgan fingerprint density at radius 3 is 2.38 bits per heavy atom. The Labute approximate surface area is 134 Å².